The molecular weight excluding hydrogens is 368 g/mol. The Balaban J connectivity index is 1.46. The van der Waals surface area contributed by atoms with Crippen LogP contribution in [0.25, 0.3) is 0 Å². The second kappa shape index (κ2) is 8.76. The van der Waals surface area contributed by atoms with Crippen molar-refractivity contribution in [1.29, 1.82) is 0 Å². The molecule has 5 heteroatoms. The summed E-state index contributed by atoms with van der Waals surface area (Å²) in [6, 6.07) is 14.9. The van der Waals surface area contributed by atoms with Gasteiger partial charge in [0.1, 0.15) is 0 Å². The molecule has 1 aliphatic carbocycles. The molecule has 2 aliphatic rings. The molecule has 1 amide bonds. The van der Waals surface area contributed by atoms with Crippen molar-refractivity contribution in [3.63, 3.8) is 0 Å². The van der Waals surface area contributed by atoms with Crippen molar-refractivity contribution in [3.8, 4) is 0 Å². The van der Waals surface area contributed by atoms with E-state index in [1.807, 2.05) is 17.4 Å². The number of amides is 1. The molecule has 1 aromatic carbocycles. The van der Waals surface area contributed by atoms with Gasteiger partial charge in [-0.15, -0.1) is 11.3 Å². The molecule has 150 valence electrons. The minimum Gasteiger partial charge on any atom is -0.379 e. The number of carbonyl (C=O) groups is 1. The number of hydrogen-bond donors (Lipinski definition) is 0. The van der Waals surface area contributed by atoms with Gasteiger partial charge in [-0.1, -0.05) is 30.3 Å². The van der Waals surface area contributed by atoms with E-state index in [1.54, 1.807) is 0 Å². The van der Waals surface area contributed by atoms with E-state index in [0.717, 1.165) is 39.3 Å². The number of ether oxygens (including phenoxy) is 1. The third-order valence-electron chi connectivity index (χ3n) is 5.87. The summed E-state index contributed by atoms with van der Waals surface area (Å²) in [6.07, 6.45) is 0.994. The lowest BCUT2D eigenvalue weighted by Crippen LogP contribution is -2.48. The Morgan fingerprint density at radius 3 is 2.64 bits per heavy atom. The van der Waals surface area contributed by atoms with Gasteiger partial charge in [-0.05, 0) is 38.0 Å². The minimum atomic E-state index is 0.147. The Kier molecular flexibility index (Phi) is 6.14. The van der Waals surface area contributed by atoms with Crippen LogP contribution in [0.1, 0.15) is 34.6 Å². The fourth-order valence-corrected chi connectivity index (χ4v) is 5.19. The highest BCUT2D eigenvalue weighted by Crippen LogP contribution is 2.50. The lowest BCUT2D eigenvalue weighted by molar-refractivity contribution is -0.136. The van der Waals surface area contributed by atoms with Crippen LogP contribution in [0.4, 0.5) is 0 Å². The van der Waals surface area contributed by atoms with Crippen LogP contribution < -0.4 is 0 Å². The average Bonchev–Trinajstić information content (AvgIpc) is 3.40. The number of rotatable bonds is 7. The molecule has 1 aliphatic heterocycles. The number of benzene rings is 1. The normalized spacial score (nSPS) is 23.4. The van der Waals surface area contributed by atoms with E-state index in [1.165, 1.54) is 15.3 Å². The maximum atomic E-state index is 13.5. The van der Waals surface area contributed by atoms with E-state index < -0.39 is 0 Å². The predicted octanol–water partition coefficient (Wildman–Crippen LogP) is 3.91. The molecule has 1 aromatic heterocycles. The fraction of sp³-hybridized carbons (Fsp3) is 0.522. The monoisotopic (exact) mass is 398 g/mol. The number of nitrogens with zero attached hydrogens (tertiary/aromatic N) is 2. The van der Waals surface area contributed by atoms with E-state index in [-0.39, 0.29) is 12.0 Å². The zero-order chi connectivity index (χ0) is 19.5. The lowest BCUT2D eigenvalue weighted by Gasteiger charge is -2.35. The molecule has 2 fully saturated rings. The summed E-state index contributed by atoms with van der Waals surface area (Å²) in [4.78, 5) is 20.7. The summed E-state index contributed by atoms with van der Waals surface area (Å²) in [7, 11) is 0. The van der Waals surface area contributed by atoms with Gasteiger partial charge >= 0.3 is 0 Å². The largest absolute Gasteiger partial charge is 0.379 e. The van der Waals surface area contributed by atoms with Crippen LogP contribution in [0.5, 0.6) is 0 Å². The molecule has 4 rings (SSSR count). The Morgan fingerprint density at radius 2 is 1.96 bits per heavy atom. The quantitative estimate of drug-likeness (QED) is 0.709. The van der Waals surface area contributed by atoms with Gasteiger partial charge in [-0.3, -0.25) is 9.69 Å². The number of aryl methyl sites for hydroxylation is 1. The molecule has 2 aromatic rings. The number of morpholine rings is 1. The van der Waals surface area contributed by atoms with Crippen LogP contribution in [0.15, 0.2) is 42.5 Å². The Morgan fingerprint density at radius 1 is 1.21 bits per heavy atom. The Labute approximate surface area is 172 Å². The third kappa shape index (κ3) is 4.65. The molecule has 2 heterocycles. The summed E-state index contributed by atoms with van der Waals surface area (Å²) < 4.78 is 5.48. The molecule has 28 heavy (non-hydrogen) atoms. The van der Waals surface area contributed by atoms with Crippen LogP contribution in [0, 0.1) is 12.8 Å². The van der Waals surface area contributed by atoms with E-state index in [4.69, 9.17) is 4.74 Å². The summed E-state index contributed by atoms with van der Waals surface area (Å²) >= 11 is 1.84. The molecule has 0 N–H and O–H groups in total. The smallest absolute Gasteiger partial charge is 0.226 e. The molecule has 0 radical (unpaired) electrons. The van der Waals surface area contributed by atoms with Gasteiger partial charge in [0.05, 0.1) is 13.2 Å². The van der Waals surface area contributed by atoms with E-state index in [0.29, 0.717) is 18.4 Å². The van der Waals surface area contributed by atoms with Crippen molar-refractivity contribution in [1.82, 2.24) is 9.80 Å². The van der Waals surface area contributed by atoms with Gasteiger partial charge in [-0.25, -0.2) is 0 Å². The highest BCUT2D eigenvalue weighted by Gasteiger charge is 2.47. The number of hydrogen-bond acceptors (Lipinski definition) is 4. The van der Waals surface area contributed by atoms with Crippen molar-refractivity contribution in [2.75, 3.05) is 32.8 Å². The fourth-order valence-electron chi connectivity index (χ4n) is 4.14. The van der Waals surface area contributed by atoms with Crippen molar-refractivity contribution in [2.45, 2.75) is 38.8 Å². The van der Waals surface area contributed by atoms with E-state index >= 15 is 0 Å². The predicted molar refractivity (Wildman–Crippen MR) is 114 cm³/mol. The molecule has 0 spiro atoms. The maximum Gasteiger partial charge on any atom is 0.226 e. The molecule has 0 bridgehead atoms. The van der Waals surface area contributed by atoms with Crippen molar-refractivity contribution in [3.05, 3.63) is 57.8 Å². The SMILES string of the molecule is Cc1ccc(C2CC2C(=O)N(Cc2ccccc2)C(C)CN2CCOCC2)s1. The van der Waals surface area contributed by atoms with Gasteiger partial charge in [0, 0.05) is 53.8 Å². The van der Waals surface area contributed by atoms with E-state index in [9.17, 15) is 4.79 Å². The van der Waals surface area contributed by atoms with Crippen LogP contribution in [-0.2, 0) is 16.1 Å². The zero-order valence-corrected chi connectivity index (χ0v) is 17.7. The first-order chi connectivity index (χ1) is 13.6. The molecule has 1 saturated carbocycles. The first-order valence-electron chi connectivity index (χ1n) is 10.3. The van der Waals surface area contributed by atoms with Gasteiger partial charge in [0.15, 0.2) is 0 Å². The summed E-state index contributed by atoms with van der Waals surface area (Å²) in [5.74, 6) is 0.884. The Bertz CT molecular complexity index is 785. The number of thiophene rings is 1. The molecule has 3 unspecified atom stereocenters. The first-order valence-corrected chi connectivity index (χ1v) is 11.1. The van der Waals surface area contributed by atoms with Crippen molar-refractivity contribution >= 4 is 17.2 Å². The molecule has 4 nitrogen and oxygen atoms in total. The zero-order valence-electron chi connectivity index (χ0n) is 16.8. The summed E-state index contributed by atoms with van der Waals surface area (Å²) in [5.41, 5.74) is 1.20. The third-order valence-corrected chi connectivity index (χ3v) is 7.00. The van der Waals surface area contributed by atoms with Gasteiger partial charge in [0.2, 0.25) is 5.91 Å². The number of carbonyl (C=O) groups excluding carboxylic acids is 1. The molecular formula is C23H30N2O2S. The highest BCUT2D eigenvalue weighted by molar-refractivity contribution is 7.12. The van der Waals surface area contributed by atoms with E-state index in [2.05, 4.69) is 60.0 Å². The second-order valence-electron chi connectivity index (χ2n) is 8.11. The van der Waals surface area contributed by atoms with Gasteiger partial charge in [-0.2, -0.15) is 0 Å². The Hall–Kier alpha value is -1.69. The van der Waals surface area contributed by atoms with Crippen molar-refractivity contribution < 1.29 is 9.53 Å². The summed E-state index contributed by atoms with van der Waals surface area (Å²) in [6.45, 7) is 9.44. The lowest BCUT2D eigenvalue weighted by atomic mass is 10.1. The molecule has 3 atom stereocenters. The van der Waals surface area contributed by atoms with Crippen LogP contribution in [0.3, 0.4) is 0 Å². The average molecular weight is 399 g/mol. The first kappa shape index (κ1) is 19.6. The second-order valence-corrected chi connectivity index (χ2v) is 9.43. The highest BCUT2D eigenvalue weighted by atomic mass is 32.1. The standard InChI is InChI=1S/C23H30N2O2S/c1-17(15-24-10-12-27-13-11-24)25(16-19-6-4-3-5-7-19)23(26)21-14-20(21)22-9-8-18(2)28-22/h3-9,17,20-21H,10-16H2,1-2H3. The minimum absolute atomic E-state index is 0.147. The molecule has 1 saturated heterocycles. The maximum absolute atomic E-state index is 13.5. The van der Waals surface area contributed by atoms with Crippen LogP contribution in [0.2, 0.25) is 0 Å². The van der Waals surface area contributed by atoms with Crippen molar-refractivity contribution in [2.24, 2.45) is 5.92 Å². The van der Waals surface area contributed by atoms with Crippen LogP contribution >= 0.6 is 11.3 Å². The van der Waals surface area contributed by atoms with Crippen LogP contribution in [-0.4, -0.2) is 54.6 Å². The summed E-state index contributed by atoms with van der Waals surface area (Å²) in [5, 5.41) is 0. The van der Waals surface area contributed by atoms with Gasteiger partial charge in [0.25, 0.3) is 0 Å². The van der Waals surface area contributed by atoms with Gasteiger partial charge < -0.3 is 9.64 Å². The topological polar surface area (TPSA) is 32.8 Å².